The molecule has 1 aromatic heterocycles. The Bertz CT molecular complexity index is 572. The molecule has 1 aromatic carbocycles. The van der Waals surface area contributed by atoms with Crippen LogP contribution in [0.5, 0.6) is 0 Å². The van der Waals surface area contributed by atoms with Gasteiger partial charge in [-0.05, 0) is 18.6 Å². The molecule has 5 nitrogen and oxygen atoms in total. The molecule has 2 rings (SSSR count). The molecule has 19 heavy (non-hydrogen) atoms. The number of amides is 1. The van der Waals surface area contributed by atoms with E-state index in [1.807, 2.05) is 0 Å². The van der Waals surface area contributed by atoms with Gasteiger partial charge in [0.05, 0.1) is 10.7 Å². The number of anilines is 2. The van der Waals surface area contributed by atoms with Crippen LogP contribution in [0.2, 0.25) is 5.02 Å². The van der Waals surface area contributed by atoms with Crippen molar-refractivity contribution in [3.8, 4) is 0 Å². The summed E-state index contributed by atoms with van der Waals surface area (Å²) in [6, 6.07) is 7.05. The molecule has 0 bridgehead atoms. The number of rotatable bonds is 5. The van der Waals surface area contributed by atoms with Crippen LogP contribution >= 0.6 is 22.9 Å². The first-order valence-corrected chi connectivity index (χ1v) is 7.03. The van der Waals surface area contributed by atoms with Crippen molar-refractivity contribution in [3.63, 3.8) is 0 Å². The number of hydrogen-bond acceptors (Lipinski definition) is 5. The van der Waals surface area contributed by atoms with Crippen LogP contribution in [0.15, 0.2) is 24.3 Å². The van der Waals surface area contributed by atoms with Crippen LogP contribution in [0.25, 0.3) is 0 Å². The van der Waals surface area contributed by atoms with Crippen molar-refractivity contribution in [2.45, 2.75) is 13.3 Å². The lowest BCUT2D eigenvalue weighted by Crippen LogP contribution is -2.11. The minimum Gasteiger partial charge on any atom is -0.360 e. The highest BCUT2D eigenvalue weighted by Gasteiger charge is 2.13. The summed E-state index contributed by atoms with van der Waals surface area (Å²) in [5.74, 6) is -0.310. The van der Waals surface area contributed by atoms with Crippen molar-refractivity contribution in [2.24, 2.45) is 0 Å². The first kappa shape index (κ1) is 13.8. The lowest BCUT2D eigenvalue weighted by atomic mass is 10.3. The number of carbonyl (C=O) groups excluding carboxylic acids is 1. The third-order valence-electron chi connectivity index (χ3n) is 2.27. The Morgan fingerprint density at radius 1 is 1.37 bits per heavy atom. The molecule has 0 unspecified atom stereocenters. The number of carbonyl (C=O) groups is 1. The molecule has 0 aliphatic rings. The van der Waals surface area contributed by atoms with Crippen molar-refractivity contribution >= 4 is 39.7 Å². The maximum atomic E-state index is 12.0. The zero-order chi connectivity index (χ0) is 13.7. The number of aromatic nitrogens is 2. The van der Waals surface area contributed by atoms with Crippen LogP contribution < -0.4 is 10.6 Å². The van der Waals surface area contributed by atoms with E-state index in [2.05, 4.69) is 27.8 Å². The Morgan fingerprint density at radius 3 is 2.89 bits per heavy atom. The van der Waals surface area contributed by atoms with Crippen LogP contribution in [0.1, 0.15) is 23.1 Å². The van der Waals surface area contributed by atoms with E-state index >= 15 is 0 Å². The van der Waals surface area contributed by atoms with E-state index < -0.39 is 0 Å². The first-order valence-electron chi connectivity index (χ1n) is 5.84. The van der Waals surface area contributed by atoms with E-state index in [4.69, 9.17) is 11.6 Å². The van der Waals surface area contributed by atoms with Crippen molar-refractivity contribution in [1.82, 2.24) is 10.2 Å². The van der Waals surface area contributed by atoms with E-state index in [1.165, 1.54) is 11.3 Å². The third kappa shape index (κ3) is 3.65. The minimum absolute atomic E-state index is 0.304. The van der Waals surface area contributed by atoms with E-state index in [1.54, 1.807) is 24.3 Å². The van der Waals surface area contributed by atoms with E-state index in [9.17, 15) is 4.79 Å². The van der Waals surface area contributed by atoms with Crippen LogP contribution in [0.4, 0.5) is 10.8 Å². The maximum Gasteiger partial charge on any atom is 0.286 e. The molecular formula is C12H13ClN4OS. The Balaban J connectivity index is 2.04. The number of nitrogens with one attached hydrogen (secondary N) is 2. The predicted molar refractivity (Wildman–Crippen MR) is 78.1 cm³/mol. The van der Waals surface area contributed by atoms with E-state index in [0.29, 0.717) is 20.8 Å². The van der Waals surface area contributed by atoms with Gasteiger partial charge < -0.3 is 10.6 Å². The Morgan fingerprint density at radius 2 is 2.16 bits per heavy atom. The smallest absolute Gasteiger partial charge is 0.286 e. The molecule has 0 radical (unpaired) electrons. The van der Waals surface area contributed by atoms with Gasteiger partial charge in [0.25, 0.3) is 5.91 Å². The zero-order valence-electron chi connectivity index (χ0n) is 10.3. The van der Waals surface area contributed by atoms with Gasteiger partial charge in [0.2, 0.25) is 10.1 Å². The molecule has 2 N–H and O–H groups in total. The van der Waals surface area contributed by atoms with Gasteiger partial charge in [-0.2, -0.15) is 0 Å². The first-order chi connectivity index (χ1) is 9.20. The number of benzene rings is 1. The molecule has 0 atom stereocenters. The van der Waals surface area contributed by atoms with Gasteiger partial charge in [-0.3, -0.25) is 4.79 Å². The molecule has 100 valence electrons. The van der Waals surface area contributed by atoms with Crippen molar-refractivity contribution < 1.29 is 4.79 Å². The zero-order valence-corrected chi connectivity index (χ0v) is 11.9. The average Bonchev–Trinajstić information content (AvgIpc) is 2.88. The second-order valence-electron chi connectivity index (χ2n) is 3.77. The lowest BCUT2D eigenvalue weighted by molar-refractivity contribution is 0.102. The monoisotopic (exact) mass is 296 g/mol. The highest BCUT2D eigenvalue weighted by molar-refractivity contribution is 7.17. The van der Waals surface area contributed by atoms with Crippen molar-refractivity contribution in [3.05, 3.63) is 34.3 Å². The summed E-state index contributed by atoms with van der Waals surface area (Å²) < 4.78 is 0. The van der Waals surface area contributed by atoms with Gasteiger partial charge in [-0.25, -0.2) is 0 Å². The van der Waals surface area contributed by atoms with Gasteiger partial charge >= 0.3 is 0 Å². The Kier molecular flexibility index (Phi) is 4.70. The summed E-state index contributed by atoms with van der Waals surface area (Å²) in [6.07, 6.45) is 0.987. The van der Waals surface area contributed by atoms with E-state index in [-0.39, 0.29) is 5.91 Å². The van der Waals surface area contributed by atoms with Gasteiger partial charge in [-0.1, -0.05) is 42.0 Å². The molecule has 0 saturated heterocycles. The van der Waals surface area contributed by atoms with Crippen molar-refractivity contribution in [2.75, 3.05) is 17.2 Å². The maximum absolute atomic E-state index is 12.0. The van der Waals surface area contributed by atoms with Gasteiger partial charge in [0.15, 0.2) is 0 Å². The minimum atomic E-state index is -0.310. The van der Waals surface area contributed by atoms with Crippen molar-refractivity contribution in [1.29, 1.82) is 0 Å². The quantitative estimate of drug-likeness (QED) is 0.888. The van der Waals surface area contributed by atoms with Crippen LogP contribution in [-0.4, -0.2) is 22.6 Å². The summed E-state index contributed by atoms with van der Waals surface area (Å²) in [5, 5.41) is 15.0. The molecule has 7 heteroatoms. The van der Waals surface area contributed by atoms with Crippen LogP contribution in [-0.2, 0) is 0 Å². The van der Waals surface area contributed by atoms with Gasteiger partial charge in [-0.15, -0.1) is 10.2 Å². The molecule has 0 fully saturated rings. The fourth-order valence-electron chi connectivity index (χ4n) is 1.36. The summed E-state index contributed by atoms with van der Waals surface area (Å²) in [6.45, 7) is 2.86. The molecule has 2 aromatic rings. The van der Waals surface area contributed by atoms with E-state index in [0.717, 1.165) is 13.0 Å². The molecular weight excluding hydrogens is 284 g/mol. The number of halogens is 1. The summed E-state index contributed by atoms with van der Waals surface area (Å²) >= 11 is 7.19. The second-order valence-corrected chi connectivity index (χ2v) is 5.16. The van der Waals surface area contributed by atoms with Gasteiger partial charge in [0, 0.05) is 6.54 Å². The molecule has 1 heterocycles. The largest absolute Gasteiger partial charge is 0.360 e. The van der Waals surface area contributed by atoms with Crippen LogP contribution in [0.3, 0.4) is 0 Å². The highest BCUT2D eigenvalue weighted by atomic mass is 35.5. The molecule has 0 aliphatic carbocycles. The Hall–Kier alpha value is -1.66. The SMILES string of the molecule is CCCNc1nnc(C(=O)Nc2ccccc2Cl)s1. The van der Waals surface area contributed by atoms with Gasteiger partial charge in [0.1, 0.15) is 0 Å². The number of para-hydroxylation sites is 1. The third-order valence-corrected chi connectivity index (χ3v) is 3.48. The highest BCUT2D eigenvalue weighted by Crippen LogP contribution is 2.22. The second kappa shape index (κ2) is 6.49. The molecule has 0 saturated carbocycles. The average molecular weight is 297 g/mol. The topological polar surface area (TPSA) is 66.9 Å². The fraction of sp³-hybridized carbons (Fsp3) is 0.250. The lowest BCUT2D eigenvalue weighted by Gasteiger charge is -2.03. The molecule has 0 spiro atoms. The van der Waals surface area contributed by atoms with Crippen LogP contribution in [0, 0.1) is 0 Å². The summed E-state index contributed by atoms with van der Waals surface area (Å²) in [7, 11) is 0. The number of hydrogen-bond donors (Lipinski definition) is 2. The molecule has 1 amide bonds. The summed E-state index contributed by atoms with van der Waals surface area (Å²) in [5.41, 5.74) is 0.562. The predicted octanol–water partition coefficient (Wildman–Crippen LogP) is 3.27. The Labute approximate surface area is 120 Å². The summed E-state index contributed by atoms with van der Waals surface area (Å²) in [4.78, 5) is 12.0. The standard InChI is InChI=1S/C12H13ClN4OS/c1-2-7-14-12-17-16-11(19-12)10(18)15-9-6-4-3-5-8(9)13/h3-6H,2,7H2,1H3,(H,14,17)(H,15,18). The molecule has 0 aliphatic heterocycles. The normalized spacial score (nSPS) is 10.2. The number of nitrogens with zero attached hydrogens (tertiary/aromatic N) is 2. The fourth-order valence-corrected chi connectivity index (χ4v) is 2.20.